The average molecular weight is 432 g/mol. The highest BCUT2D eigenvalue weighted by Gasteiger charge is 2.36. The van der Waals surface area contributed by atoms with Crippen LogP contribution in [0.25, 0.3) is 0 Å². The molecule has 1 saturated heterocycles. The molecule has 2 atom stereocenters. The van der Waals surface area contributed by atoms with E-state index in [-0.39, 0.29) is 23.5 Å². The van der Waals surface area contributed by atoms with Crippen molar-refractivity contribution in [2.45, 2.75) is 45.9 Å². The monoisotopic (exact) mass is 431 g/mol. The van der Waals surface area contributed by atoms with Gasteiger partial charge in [0.15, 0.2) is 15.9 Å². The molecule has 1 amide bonds. The third kappa shape index (κ3) is 5.33. The first kappa shape index (κ1) is 22.2. The van der Waals surface area contributed by atoms with Gasteiger partial charge in [0, 0.05) is 12.6 Å². The third-order valence-electron chi connectivity index (χ3n) is 5.58. The maximum absolute atomic E-state index is 13.3. The molecule has 1 heterocycles. The minimum Gasteiger partial charge on any atom is -0.497 e. The number of amides is 1. The predicted octanol–water partition coefficient (Wildman–Crippen LogP) is 3.30. The molecule has 7 heteroatoms. The summed E-state index contributed by atoms with van der Waals surface area (Å²) in [4.78, 5) is 15.0. The molecule has 0 radical (unpaired) electrons. The van der Waals surface area contributed by atoms with E-state index in [1.165, 1.54) is 0 Å². The Kier molecular flexibility index (Phi) is 6.71. The Morgan fingerprint density at radius 3 is 2.33 bits per heavy atom. The zero-order valence-electron chi connectivity index (χ0n) is 17.9. The number of ether oxygens (including phenoxy) is 2. The highest BCUT2D eigenvalue weighted by atomic mass is 32.2. The molecule has 0 aromatic heterocycles. The summed E-state index contributed by atoms with van der Waals surface area (Å²) >= 11 is 0. The van der Waals surface area contributed by atoms with Gasteiger partial charge in [-0.25, -0.2) is 8.42 Å². The summed E-state index contributed by atoms with van der Waals surface area (Å²) < 4.78 is 35.2. The molecule has 30 heavy (non-hydrogen) atoms. The van der Waals surface area contributed by atoms with E-state index in [9.17, 15) is 13.2 Å². The summed E-state index contributed by atoms with van der Waals surface area (Å²) in [6, 6.07) is 12.8. The molecule has 0 aliphatic carbocycles. The lowest BCUT2D eigenvalue weighted by Gasteiger charge is -2.31. The van der Waals surface area contributed by atoms with Gasteiger partial charge >= 0.3 is 0 Å². The number of aryl methyl sites for hydroxylation is 2. The van der Waals surface area contributed by atoms with E-state index in [0.29, 0.717) is 18.7 Å². The van der Waals surface area contributed by atoms with Crippen molar-refractivity contribution in [1.82, 2.24) is 4.90 Å². The molecule has 1 aliphatic heterocycles. The summed E-state index contributed by atoms with van der Waals surface area (Å²) in [7, 11) is -1.53. The summed E-state index contributed by atoms with van der Waals surface area (Å²) in [5.41, 5.74) is 3.15. The van der Waals surface area contributed by atoms with Crippen molar-refractivity contribution in [2.75, 3.05) is 18.6 Å². The molecule has 2 unspecified atom stereocenters. The van der Waals surface area contributed by atoms with E-state index in [4.69, 9.17) is 9.47 Å². The predicted molar refractivity (Wildman–Crippen MR) is 117 cm³/mol. The van der Waals surface area contributed by atoms with E-state index in [0.717, 1.165) is 22.4 Å². The van der Waals surface area contributed by atoms with Gasteiger partial charge in [0.05, 0.1) is 18.6 Å². The third-order valence-corrected chi connectivity index (χ3v) is 7.33. The zero-order chi connectivity index (χ0) is 21.9. The first-order chi connectivity index (χ1) is 14.2. The van der Waals surface area contributed by atoms with Crippen LogP contribution in [0.2, 0.25) is 0 Å². The summed E-state index contributed by atoms with van der Waals surface area (Å²) in [5.74, 6) is 1.24. The molecule has 1 fully saturated rings. The average Bonchev–Trinajstić information content (AvgIpc) is 3.08. The Labute approximate surface area is 178 Å². The number of methoxy groups -OCH3 is 1. The number of carbonyl (C=O) groups is 1. The summed E-state index contributed by atoms with van der Waals surface area (Å²) in [6.07, 6.45) is -0.283. The van der Waals surface area contributed by atoms with E-state index in [1.54, 1.807) is 18.9 Å². The van der Waals surface area contributed by atoms with Gasteiger partial charge < -0.3 is 14.4 Å². The normalized spacial score (nSPS) is 18.6. The molecular formula is C23H29NO5S. The SMILES string of the molecule is COc1ccc(CN(C(=O)C(C)Oc2ccc(C)c(C)c2)C2CCS(=O)(=O)C2)cc1. The number of hydrogen-bond donors (Lipinski definition) is 0. The van der Waals surface area contributed by atoms with Crippen molar-refractivity contribution >= 4 is 15.7 Å². The fraction of sp³-hybridized carbons (Fsp3) is 0.435. The first-order valence-corrected chi connectivity index (χ1v) is 11.9. The largest absolute Gasteiger partial charge is 0.497 e. The van der Waals surface area contributed by atoms with Crippen molar-refractivity contribution < 1.29 is 22.7 Å². The molecule has 0 spiro atoms. The molecule has 0 saturated carbocycles. The van der Waals surface area contributed by atoms with Crippen molar-refractivity contribution in [2.24, 2.45) is 0 Å². The van der Waals surface area contributed by atoms with Gasteiger partial charge in [-0.15, -0.1) is 0 Å². The van der Waals surface area contributed by atoms with Crippen LogP contribution < -0.4 is 9.47 Å². The van der Waals surface area contributed by atoms with Crippen molar-refractivity contribution in [3.8, 4) is 11.5 Å². The molecule has 6 nitrogen and oxygen atoms in total. The van der Waals surface area contributed by atoms with Crippen LogP contribution in [-0.2, 0) is 21.2 Å². The lowest BCUT2D eigenvalue weighted by molar-refractivity contribution is -0.140. The molecular weight excluding hydrogens is 402 g/mol. The number of hydrogen-bond acceptors (Lipinski definition) is 5. The van der Waals surface area contributed by atoms with Gasteiger partial charge in [-0.2, -0.15) is 0 Å². The smallest absolute Gasteiger partial charge is 0.263 e. The van der Waals surface area contributed by atoms with E-state index in [1.807, 2.05) is 56.3 Å². The molecule has 0 bridgehead atoms. The maximum Gasteiger partial charge on any atom is 0.263 e. The second kappa shape index (κ2) is 9.08. The fourth-order valence-corrected chi connectivity index (χ4v) is 5.34. The number of carbonyl (C=O) groups excluding carboxylic acids is 1. The second-order valence-electron chi connectivity index (χ2n) is 7.88. The van der Waals surface area contributed by atoms with E-state index < -0.39 is 15.9 Å². The Balaban J connectivity index is 1.80. The highest BCUT2D eigenvalue weighted by Crippen LogP contribution is 2.24. The van der Waals surface area contributed by atoms with Crippen LogP contribution in [0.15, 0.2) is 42.5 Å². The van der Waals surface area contributed by atoms with Crippen LogP contribution in [0.4, 0.5) is 0 Å². The molecule has 3 rings (SSSR count). The van der Waals surface area contributed by atoms with Crippen LogP contribution in [0, 0.1) is 13.8 Å². The molecule has 0 N–H and O–H groups in total. The van der Waals surface area contributed by atoms with Gasteiger partial charge in [-0.1, -0.05) is 18.2 Å². The van der Waals surface area contributed by atoms with Gasteiger partial charge in [-0.3, -0.25) is 4.79 Å². The van der Waals surface area contributed by atoms with Crippen molar-refractivity contribution in [1.29, 1.82) is 0 Å². The first-order valence-electron chi connectivity index (χ1n) is 10.1. The Morgan fingerprint density at radius 2 is 1.77 bits per heavy atom. The van der Waals surface area contributed by atoms with Crippen molar-refractivity contribution in [3.63, 3.8) is 0 Å². The molecule has 2 aromatic rings. The van der Waals surface area contributed by atoms with Crippen LogP contribution in [0.1, 0.15) is 30.0 Å². The minimum atomic E-state index is -3.13. The Morgan fingerprint density at radius 1 is 1.10 bits per heavy atom. The van der Waals surface area contributed by atoms with Crippen LogP contribution in [0.3, 0.4) is 0 Å². The number of sulfone groups is 1. The quantitative estimate of drug-likeness (QED) is 0.673. The van der Waals surface area contributed by atoms with Gasteiger partial charge in [0.2, 0.25) is 0 Å². The Hall–Kier alpha value is -2.54. The standard InChI is InChI=1S/C23H29NO5S/c1-16-5-8-22(13-17(16)2)29-18(3)23(25)24(20-11-12-30(26,27)15-20)14-19-6-9-21(28-4)10-7-19/h5-10,13,18,20H,11-12,14-15H2,1-4H3. The maximum atomic E-state index is 13.3. The van der Waals surface area contributed by atoms with Crippen LogP contribution >= 0.6 is 0 Å². The van der Waals surface area contributed by atoms with Gasteiger partial charge in [0.1, 0.15) is 11.5 Å². The topological polar surface area (TPSA) is 72.9 Å². The number of rotatable bonds is 7. The second-order valence-corrected chi connectivity index (χ2v) is 10.1. The number of benzene rings is 2. The van der Waals surface area contributed by atoms with Crippen LogP contribution in [0.5, 0.6) is 11.5 Å². The minimum absolute atomic E-state index is 0.00868. The lowest BCUT2D eigenvalue weighted by Crippen LogP contribution is -2.46. The molecule has 2 aromatic carbocycles. The van der Waals surface area contributed by atoms with Crippen molar-refractivity contribution in [3.05, 3.63) is 59.2 Å². The number of nitrogens with zero attached hydrogens (tertiary/aromatic N) is 1. The Bertz CT molecular complexity index is 1000. The van der Waals surface area contributed by atoms with Gasteiger partial charge in [-0.05, 0) is 68.1 Å². The summed E-state index contributed by atoms with van der Waals surface area (Å²) in [5, 5.41) is 0. The highest BCUT2D eigenvalue weighted by molar-refractivity contribution is 7.91. The summed E-state index contributed by atoms with van der Waals surface area (Å²) in [6.45, 7) is 6.05. The van der Waals surface area contributed by atoms with Gasteiger partial charge in [0.25, 0.3) is 5.91 Å². The zero-order valence-corrected chi connectivity index (χ0v) is 18.7. The molecule has 1 aliphatic rings. The van der Waals surface area contributed by atoms with Crippen LogP contribution in [-0.4, -0.2) is 50.0 Å². The van der Waals surface area contributed by atoms with E-state index >= 15 is 0 Å². The lowest BCUT2D eigenvalue weighted by atomic mass is 10.1. The van der Waals surface area contributed by atoms with E-state index in [2.05, 4.69) is 0 Å². The molecule has 162 valence electrons. The fourth-order valence-electron chi connectivity index (χ4n) is 3.61.